The maximum atomic E-state index is 11.7. The molecule has 0 saturated carbocycles. The van der Waals surface area contributed by atoms with E-state index >= 15 is 0 Å². The molecule has 1 saturated heterocycles. The molecule has 1 aliphatic rings. The van der Waals surface area contributed by atoms with Crippen LogP contribution < -0.4 is 10.1 Å². The fraction of sp³-hybridized carbons (Fsp3) is 0.444. The van der Waals surface area contributed by atoms with Crippen LogP contribution in [0.4, 0.5) is 0 Å². The second kappa shape index (κ2) is 12.2. The van der Waals surface area contributed by atoms with Crippen LogP contribution >= 0.6 is 11.6 Å². The minimum Gasteiger partial charge on any atom is -0.493 e. The van der Waals surface area contributed by atoms with Crippen LogP contribution in [0.2, 0.25) is 5.02 Å². The Bertz CT molecular complexity index is 1060. The van der Waals surface area contributed by atoms with Crippen LogP contribution in [0.25, 0.3) is 22.1 Å². The van der Waals surface area contributed by atoms with Crippen LogP contribution in [-0.2, 0) is 4.79 Å². The summed E-state index contributed by atoms with van der Waals surface area (Å²) >= 11 is 6.00. The molecule has 0 spiro atoms. The highest BCUT2D eigenvalue weighted by molar-refractivity contribution is 6.30. The number of nitrogens with one attached hydrogen (secondary N) is 1. The molecule has 0 unspecified atom stereocenters. The van der Waals surface area contributed by atoms with Crippen molar-refractivity contribution in [1.29, 1.82) is 0 Å². The Morgan fingerprint density at radius 3 is 2.56 bits per heavy atom. The monoisotopic (exact) mass is 483 g/mol. The van der Waals surface area contributed by atoms with E-state index in [0.717, 1.165) is 78.4 Å². The molecule has 0 aliphatic carbocycles. The molecule has 1 aliphatic heterocycles. The van der Waals surface area contributed by atoms with E-state index in [1.54, 1.807) is 6.26 Å². The van der Waals surface area contributed by atoms with Gasteiger partial charge in [0.2, 0.25) is 5.91 Å². The van der Waals surface area contributed by atoms with Gasteiger partial charge in [-0.3, -0.25) is 9.69 Å². The van der Waals surface area contributed by atoms with E-state index in [1.807, 2.05) is 43.3 Å². The largest absolute Gasteiger partial charge is 0.493 e. The number of fused-ring (bicyclic) bond motifs is 1. The molecular weight excluding hydrogens is 450 g/mol. The van der Waals surface area contributed by atoms with Crippen LogP contribution in [0.5, 0.6) is 5.75 Å². The van der Waals surface area contributed by atoms with Gasteiger partial charge in [0.25, 0.3) is 0 Å². The van der Waals surface area contributed by atoms with Gasteiger partial charge in [0.15, 0.2) is 0 Å². The lowest BCUT2D eigenvalue weighted by Crippen LogP contribution is -2.49. The highest BCUT2D eigenvalue weighted by Gasteiger charge is 2.18. The van der Waals surface area contributed by atoms with Crippen molar-refractivity contribution in [1.82, 2.24) is 15.1 Å². The highest BCUT2D eigenvalue weighted by atomic mass is 35.5. The molecule has 1 fully saturated rings. The first-order valence-electron chi connectivity index (χ1n) is 12.2. The third-order valence-electron chi connectivity index (χ3n) is 6.30. The predicted octanol–water partition coefficient (Wildman–Crippen LogP) is 5.06. The van der Waals surface area contributed by atoms with E-state index in [1.165, 1.54) is 6.42 Å². The lowest BCUT2D eigenvalue weighted by molar-refractivity contribution is -0.122. The number of amides is 1. The molecule has 2 aromatic carbocycles. The summed E-state index contributed by atoms with van der Waals surface area (Å²) in [6, 6.07) is 13.8. The van der Waals surface area contributed by atoms with E-state index in [2.05, 4.69) is 21.2 Å². The summed E-state index contributed by atoms with van der Waals surface area (Å²) in [6.07, 6.45) is 5.13. The number of nitrogens with zero attached hydrogens (tertiary/aromatic N) is 2. The number of halogens is 1. The van der Waals surface area contributed by atoms with Crippen molar-refractivity contribution < 1.29 is 13.9 Å². The van der Waals surface area contributed by atoms with E-state index in [-0.39, 0.29) is 5.91 Å². The smallest absolute Gasteiger partial charge is 0.234 e. The third-order valence-corrected chi connectivity index (χ3v) is 6.55. The molecule has 34 heavy (non-hydrogen) atoms. The Labute approximate surface area is 206 Å². The van der Waals surface area contributed by atoms with Crippen molar-refractivity contribution in [3.8, 4) is 16.9 Å². The number of furan rings is 1. The van der Waals surface area contributed by atoms with Gasteiger partial charge in [0, 0.05) is 54.8 Å². The first-order valence-corrected chi connectivity index (χ1v) is 12.6. The molecule has 7 heteroatoms. The fourth-order valence-corrected chi connectivity index (χ4v) is 4.51. The second-order valence-electron chi connectivity index (χ2n) is 8.79. The van der Waals surface area contributed by atoms with E-state index in [0.29, 0.717) is 19.7 Å². The quantitative estimate of drug-likeness (QED) is 0.386. The van der Waals surface area contributed by atoms with Crippen molar-refractivity contribution in [3.63, 3.8) is 0 Å². The molecule has 6 nitrogen and oxygen atoms in total. The van der Waals surface area contributed by atoms with E-state index < -0.39 is 0 Å². The SMILES string of the molecule is CCNC(=O)CN1CCN(CCCCCOc2ccc3c(-c4ccc(Cl)cc4)coc3c2)CC1. The molecule has 1 amide bonds. The van der Waals surface area contributed by atoms with Crippen LogP contribution in [0.3, 0.4) is 0 Å². The Morgan fingerprint density at radius 2 is 1.79 bits per heavy atom. The number of hydrogen-bond acceptors (Lipinski definition) is 5. The predicted molar refractivity (Wildman–Crippen MR) is 138 cm³/mol. The molecule has 0 bridgehead atoms. The number of carbonyl (C=O) groups is 1. The Morgan fingerprint density at radius 1 is 1.03 bits per heavy atom. The number of benzene rings is 2. The zero-order valence-corrected chi connectivity index (χ0v) is 20.7. The van der Waals surface area contributed by atoms with Crippen LogP contribution in [0.1, 0.15) is 26.2 Å². The first kappa shape index (κ1) is 24.6. The zero-order valence-electron chi connectivity index (χ0n) is 19.9. The Balaban J connectivity index is 1.13. The number of hydrogen-bond donors (Lipinski definition) is 1. The summed E-state index contributed by atoms with van der Waals surface area (Å²) in [4.78, 5) is 16.5. The van der Waals surface area contributed by atoms with E-state index in [9.17, 15) is 4.79 Å². The number of likely N-dealkylation sites (N-methyl/N-ethyl adjacent to an activating group) is 1. The van der Waals surface area contributed by atoms with Gasteiger partial charge in [-0.1, -0.05) is 23.7 Å². The molecule has 2 heterocycles. The maximum absolute atomic E-state index is 11.7. The van der Waals surface area contributed by atoms with Crippen molar-refractivity contribution in [2.75, 3.05) is 52.4 Å². The van der Waals surface area contributed by atoms with Gasteiger partial charge < -0.3 is 19.4 Å². The topological polar surface area (TPSA) is 58.0 Å². The van der Waals surface area contributed by atoms with Crippen molar-refractivity contribution in [3.05, 3.63) is 53.8 Å². The number of carbonyl (C=O) groups excluding carboxylic acids is 1. The number of piperazine rings is 1. The lowest BCUT2D eigenvalue weighted by Gasteiger charge is -2.34. The average molecular weight is 484 g/mol. The molecule has 4 rings (SSSR count). The average Bonchev–Trinajstić information content (AvgIpc) is 3.26. The van der Waals surface area contributed by atoms with Crippen LogP contribution in [0, 0.1) is 0 Å². The molecule has 182 valence electrons. The van der Waals surface area contributed by atoms with Gasteiger partial charge in [-0.25, -0.2) is 0 Å². The summed E-state index contributed by atoms with van der Waals surface area (Å²) in [5.74, 6) is 0.969. The van der Waals surface area contributed by atoms with Gasteiger partial charge in [-0.05, 0) is 62.6 Å². The number of ether oxygens (including phenoxy) is 1. The molecule has 1 N–H and O–H groups in total. The van der Waals surface area contributed by atoms with Crippen LogP contribution in [0.15, 0.2) is 53.1 Å². The van der Waals surface area contributed by atoms with Crippen molar-refractivity contribution in [2.45, 2.75) is 26.2 Å². The van der Waals surface area contributed by atoms with Gasteiger partial charge in [0.1, 0.15) is 11.3 Å². The van der Waals surface area contributed by atoms with Crippen molar-refractivity contribution in [2.24, 2.45) is 0 Å². The summed E-state index contributed by atoms with van der Waals surface area (Å²) in [7, 11) is 0. The summed E-state index contributed by atoms with van der Waals surface area (Å²) in [5.41, 5.74) is 2.97. The summed E-state index contributed by atoms with van der Waals surface area (Å²) in [6.45, 7) is 9.00. The maximum Gasteiger partial charge on any atom is 0.234 e. The fourth-order valence-electron chi connectivity index (χ4n) is 4.38. The standard InChI is InChI=1S/C27H34ClN3O3/c1-2-29-27(32)19-31-15-13-30(14-16-31)12-4-3-5-17-33-23-10-11-24-25(20-34-26(24)18-23)21-6-8-22(28)9-7-21/h6-11,18,20H,2-5,12-17,19H2,1H3,(H,29,32). The highest BCUT2D eigenvalue weighted by Crippen LogP contribution is 2.33. The zero-order chi connectivity index (χ0) is 23.8. The minimum absolute atomic E-state index is 0.129. The van der Waals surface area contributed by atoms with Gasteiger partial charge in [-0.15, -0.1) is 0 Å². The number of rotatable bonds is 11. The summed E-state index contributed by atoms with van der Waals surface area (Å²) in [5, 5.41) is 4.67. The molecular formula is C27H34ClN3O3. The summed E-state index contributed by atoms with van der Waals surface area (Å²) < 4.78 is 11.8. The second-order valence-corrected chi connectivity index (χ2v) is 9.23. The lowest BCUT2D eigenvalue weighted by atomic mass is 10.0. The Hall–Kier alpha value is -2.54. The third kappa shape index (κ3) is 6.75. The van der Waals surface area contributed by atoms with Crippen molar-refractivity contribution >= 4 is 28.5 Å². The normalized spacial score (nSPS) is 15.0. The van der Waals surface area contributed by atoms with E-state index in [4.69, 9.17) is 20.8 Å². The number of unbranched alkanes of at least 4 members (excludes halogenated alkanes) is 2. The van der Waals surface area contributed by atoms with Crippen LogP contribution in [-0.4, -0.2) is 68.1 Å². The van der Waals surface area contributed by atoms with Gasteiger partial charge in [0.05, 0.1) is 19.4 Å². The molecule has 0 radical (unpaired) electrons. The first-order chi connectivity index (χ1) is 16.6. The molecule has 0 atom stereocenters. The molecule has 1 aromatic heterocycles. The minimum atomic E-state index is 0.129. The van der Waals surface area contributed by atoms with Gasteiger partial charge >= 0.3 is 0 Å². The Kier molecular flexibility index (Phi) is 8.85. The van der Waals surface area contributed by atoms with Gasteiger partial charge in [-0.2, -0.15) is 0 Å². The molecule has 3 aromatic rings.